The number of anilines is 1. The Morgan fingerprint density at radius 3 is 2.72 bits per heavy atom. The molecule has 0 aliphatic carbocycles. The highest BCUT2D eigenvalue weighted by Gasteiger charge is 2.18. The third-order valence-electron chi connectivity index (χ3n) is 5.47. The van der Waals surface area contributed by atoms with Gasteiger partial charge in [0.05, 0.1) is 12.0 Å². The summed E-state index contributed by atoms with van der Waals surface area (Å²) in [6.07, 6.45) is 0.885. The van der Waals surface area contributed by atoms with Crippen molar-refractivity contribution in [3.63, 3.8) is 0 Å². The summed E-state index contributed by atoms with van der Waals surface area (Å²) in [5.41, 5.74) is 3.04. The van der Waals surface area contributed by atoms with Crippen molar-refractivity contribution < 1.29 is 9.53 Å². The summed E-state index contributed by atoms with van der Waals surface area (Å²) in [5.74, 6) is 0.747. The second-order valence-electron chi connectivity index (χ2n) is 7.56. The van der Waals surface area contributed by atoms with Crippen LogP contribution in [0.1, 0.15) is 23.0 Å². The number of rotatable bonds is 9. The summed E-state index contributed by atoms with van der Waals surface area (Å²) in [6.45, 7) is 4.62. The van der Waals surface area contributed by atoms with Crippen LogP contribution in [0.4, 0.5) is 5.69 Å². The van der Waals surface area contributed by atoms with Crippen LogP contribution in [-0.2, 0) is 7.05 Å². The Morgan fingerprint density at radius 1 is 1.16 bits per heavy atom. The van der Waals surface area contributed by atoms with Crippen molar-refractivity contribution in [1.29, 1.82) is 0 Å². The third kappa shape index (κ3) is 4.62. The average Bonchev–Trinajstić information content (AvgIpc) is 3.40. The summed E-state index contributed by atoms with van der Waals surface area (Å²) < 4.78 is 7.18. The molecular weight excluding hydrogens is 420 g/mol. The van der Waals surface area contributed by atoms with E-state index in [4.69, 9.17) is 4.74 Å². The highest BCUT2D eigenvalue weighted by atomic mass is 32.1. The molecule has 0 radical (unpaired) electrons. The van der Waals surface area contributed by atoms with Crippen molar-refractivity contribution in [2.45, 2.75) is 13.3 Å². The maximum absolute atomic E-state index is 12.8. The van der Waals surface area contributed by atoms with Crippen LogP contribution in [0.15, 0.2) is 60.7 Å². The lowest BCUT2D eigenvalue weighted by atomic mass is 10.1. The van der Waals surface area contributed by atoms with Gasteiger partial charge in [-0.3, -0.25) is 9.48 Å². The first kappa shape index (κ1) is 21.9. The molecule has 166 valence electrons. The van der Waals surface area contributed by atoms with E-state index in [-0.39, 0.29) is 5.91 Å². The van der Waals surface area contributed by atoms with E-state index in [0.29, 0.717) is 11.4 Å². The van der Waals surface area contributed by atoms with Gasteiger partial charge in [-0.05, 0) is 43.7 Å². The molecule has 1 amide bonds. The lowest BCUT2D eigenvalue weighted by Gasteiger charge is -2.23. The number of hydrogen-bond donors (Lipinski definition) is 1. The smallest absolute Gasteiger partial charge is 0.261 e. The minimum Gasteiger partial charge on any atom is -0.497 e. The number of methoxy groups -OCH3 is 1. The predicted molar refractivity (Wildman–Crippen MR) is 132 cm³/mol. The molecule has 1 N–H and O–H groups in total. The van der Waals surface area contributed by atoms with Crippen LogP contribution < -0.4 is 15.0 Å². The second-order valence-corrected chi connectivity index (χ2v) is 8.59. The standard InChI is InChI=1S/C25H28N4O2S/c1-4-29(19-11-6-5-7-12-19)15-9-14-26-24(30)22-17-21-23(27-28(2)25(21)32-22)18-10-8-13-20(16-18)31-3/h5-8,10-13,16-17H,4,9,14-15H2,1-3H3,(H,26,30). The number of thiophene rings is 1. The fourth-order valence-corrected chi connectivity index (χ4v) is 4.79. The first-order chi connectivity index (χ1) is 15.6. The van der Waals surface area contributed by atoms with Crippen molar-refractivity contribution in [2.24, 2.45) is 7.05 Å². The molecule has 7 heteroatoms. The molecular formula is C25H28N4O2S. The van der Waals surface area contributed by atoms with Crippen molar-refractivity contribution in [3.05, 3.63) is 65.5 Å². The monoisotopic (exact) mass is 448 g/mol. The zero-order valence-corrected chi connectivity index (χ0v) is 19.5. The van der Waals surface area contributed by atoms with Gasteiger partial charge in [0.1, 0.15) is 16.3 Å². The molecule has 0 aliphatic heterocycles. The number of nitrogens with one attached hydrogen (secondary N) is 1. The van der Waals surface area contributed by atoms with Crippen molar-refractivity contribution in [1.82, 2.24) is 15.1 Å². The fourth-order valence-electron chi connectivity index (χ4n) is 3.80. The molecule has 0 spiro atoms. The maximum atomic E-state index is 12.8. The molecule has 0 bridgehead atoms. The Hall–Kier alpha value is -3.32. The molecule has 32 heavy (non-hydrogen) atoms. The largest absolute Gasteiger partial charge is 0.497 e. The van der Waals surface area contributed by atoms with E-state index in [2.05, 4.69) is 46.5 Å². The number of fused-ring (bicyclic) bond motifs is 1. The third-order valence-corrected chi connectivity index (χ3v) is 6.67. The van der Waals surface area contributed by atoms with Crippen LogP contribution in [0.2, 0.25) is 0 Å². The Kier molecular flexibility index (Phi) is 6.75. The van der Waals surface area contributed by atoms with Gasteiger partial charge in [-0.25, -0.2) is 0 Å². The zero-order chi connectivity index (χ0) is 22.5. The molecule has 6 nitrogen and oxygen atoms in total. The summed E-state index contributed by atoms with van der Waals surface area (Å²) >= 11 is 1.47. The SMILES string of the molecule is CCN(CCCNC(=O)c1cc2c(-c3cccc(OC)c3)nn(C)c2s1)c1ccccc1. The van der Waals surface area contributed by atoms with E-state index in [9.17, 15) is 4.79 Å². The van der Waals surface area contributed by atoms with Crippen LogP contribution in [0, 0.1) is 0 Å². The molecule has 0 saturated heterocycles. The number of para-hydroxylation sites is 1. The Labute approximate surface area is 192 Å². The number of carbonyl (C=O) groups excluding carboxylic acids is 1. The molecule has 0 aliphatic rings. The molecule has 2 heterocycles. The maximum Gasteiger partial charge on any atom is 0.261 e. The number of nitrogens with zero attached hydrogens (tertiary/aromatic N) is 3. The van der Waals surface area contributed by atoms with Gasteiger partial charge < -0.3 is 15.0 Å². The van der Waals surface area contributed by atoms with Gasteiger partial charge >= 0.3 is 0 Å². The van der Waals surface area contributed by atoms with E-state index in [1.165, 1.54) is 17.0 Å². The van der Waals surface area contributed by atoms with Crippen LogP contribution in [0.5, 0.6) is 5.75 Å². The van der Waals surface area contributed by atoms with Gasteiger partial charge in [-0.1, -0.05) is 30.3 Å². The fraction of sp³-hybridized carbons (Fsp3) is 0.280. The number of benzene rings is 2. The highest BCUT2D eigenvalue weighted by molar-refractivity contribution is 7.20. The number of aromatic nitrogens is 2. The van der Waals surface area contributed by atoms with E-state index in [0.717, 1.165) is 46.7 Å². The van der Waals surface area contributed by atoms with Crippen LogP contribution in [-0.4, -0.2) is 42.4 Å². The Morgan fingerprint density at radius 2 is 1.97 bits per heavy atom. The van der Waals surface area contributed by atoms with Crippen molar-refractivity contribution in [3.8, 4) is 17.0 Å². The molecule has 0 unspecified atom stereocenters. The van der Waals surface area contributed by atoms with E-state index >= 15 is 0 Å². The minimum atomic E-state index is -0.0365. The first-order valence-corrected chi connectivity index (χ1v) is 11.6. The number of hydrogen-bond acceptors (Lipinski definition) is 5. The average molecular weight is 449 g/mol. The van der Waals surface area contributed by atoms with Crippen LogP contribution in [0.25, 0.3) is 21.5 Å². The summed E-state index contributed by atoms with van der Waals surface area (Å²) in [7, 11) is 3.56. The lowest BCUT2D eigenvalue weighted by molar-refractivity contribution is 0.0957. The Balaban J connectivity index is 1.42. The number of aryl methyl sites for hydroxylation is 1. The molecule has 0 atom stereocenters. The molecule has 2 aromatic heterocycles. The quantitative estimate of drug-likeness (QED) is 0.368. The van der Waals surface area contributed by atoms with Crippen LogP contribution in [0.3, 0.4) is 0 Å². The second kappa shape index (κ2) is 9.87. The number of ether oxygens (including phenoxy) is 1. The van der Waals surface area contributed by atoms with Gasteiger partial charge in [0, 0.05) is 43.3 Å². The minimum absolute atomic E-state index is 0.0365. The summed E-state index contributed by atoms with van der Waals surface area (Å²) in [5, 5.41) is 8.72. The van der Waals surface area contributed by atoms with E-state index in [1.54, 1.807) is 7.11 Å². The van der Waals surface area contributed by atoms with Crippen LogP contribution >= 0.6 is 11.3 Å². The molecule has 0 saturated carbocycles. The van der Waals surface area contributed by atoms with Gasteiger partial charge in [0.2, 0.25) is 0 Å². The van der Waals surface area contributed by atoms with Crippen molar-refractivity contribution >= 4 is 33.1 Å². The summed E-state index contributed by atoms with van der Waals surface area (Å²) in [4.78, 5) is 16.8. The predicted octanol–water partition coefficient (Wildman–Crippen LogP) is 4.96. The highest BCUT2D eigenvalue weighted by Crippen LogP contribution is 2.34. The molecule has 2 aromatic carbocycles. The zero-order valence-electron chi connectivity index (χ0n) is 18.7. The van der Waals surface area contributed by atoms with Gasteiger partial charge in [-0.15, -0.1) is 11.3 Å². The first-order valence-electron chi connectivity index (χ1n) is 10.8. The van der Waals surface area contributed by atoms with Gasteiger partial charge in [0.15, 0.2) is 0 Å². The van der Waals surface area contributed by atoms with E-state index < -0.39 is 0 Å². The van der Waals surface area contributed by atoms with Gasteiger partial charge in [0.25, 0.3) is 5.91 Å². The van der Waals surface area contributed by atoms with Crippen molar-refractivity contribution in [2.75, 3.05) is 31.6 Å². The lowest BCUT2D eigenvalue weighted by Crippen LogP contribution is -2.29. The van der Waals surface area contributed by atoms with E-state index in [1.807, 2.05) is 48.1 Å². The molecule has 0 fully saturated rings. The number of carbonyl (C=O) groups is 1. The Bertz CT molecular complexity index is 1200. The van der Waals surface area contributed by atoms with Gasteiger partial charge in [-0.2, -0.15) is 5.10 Å². The number of amides is 1. The molecule has 4 aromatic rings. The molecule has 4 rings (SSSR count). The summed E-state index contributed by atoms with van der Waals surface area (Å²) in [6, 6.07) is 20.1. The normalized spacial score (nSPS) is 11.0. The topological polar surface area (TPSA) is 59.4 Å².